The lowest BCUT2D eigenvalue weighted by molar-refractivity contribution is 0.0929. The van der Waals surface area contributed by atoms with Crippen LogP contribution in [0.4, 0.5) is 0 Å². The van der Waals surface area contributed by atoms with E-state index in [-0.39, 0.29) is 12.2 Å². The maximum absolute atomic E-state index is 6.26. The minimum Gasteiger partial charge on any atom is -0.394 e. The molecule has 0 atom stereocenters. The Balaban J connectivity index is 0. The quantitative estimate of drug-likeness (QED) is 0.159. The minimum absolute atomic E-state index is 0.250. The summed E-state index contributed by atoms with van der Waals surface area (Å²) in [4.78, 5) is 0. The van der Waals surface area contributed by atoms with Crippen molar-refractivity contribution in [2.75, 3.05) is 13.2 Å². The first-order valence-electron chi connectivity index (χ1n) is 13.4. The van der Waals surface area contributed by atoms with Gasteiger partial charge >= 0.3 is 17.1 Å². The third-order valence-electron chi connectivity index (χ3n) is 5.71. The number of unbranched alkanes of at least 4 members (excludes halogenated alkanes) is 2. The van der Waals surface area contributed by atoms with E-state index >= 15 is 0 Å². The number of hydrogen-bond donors (Lipinski definition) is 0. The van der Waals surface area contributed by atoms with Crippen molar-refractivity contribution in [1.29, 1.82) is 0 Å². The molecule has 0 bridgehead atoms. The van der Waals surface area contributed by atoms with Gasteiger partial charge in [0.05, 0.1) is 0 Å². The molecule has 0 aromatic heterocycles. The van der Waals surface area contributed by atoms with Crippen LogP contribution in [0.3, 0.4) is 0 Å². The molecule has 32 heavy (non-hydrogen) atoms. The molecule has 0 amide bonds. The van der Waals surface area contributed by atoms with Crippen molar-refractivity contribution in [3.05, 3.63) is 0 Å². The van der Waals surface area contributed by atoms with Crippen LogP contribution < -0.4 is 0 Å². The SMILES string of the molecule is CC(C)O[Si](OC(C)C)(C(C)C)C(C)C.CCCCO[Si](OCCCC)(C(C)C)C(C)C. The van der Waals surface area contributed by atoms with Gasteiger partial charge in [-0.05, 0) is 62.7 Å². The van der Waals surface area contributed by atoms with Crippen molar-refractivity contribution in [2.45, 2.75) is 157 Å². The molecular weight excluding hydrogens is 432 g/mol. The lowest BCUT2D eigenvalue weighted by Crippen LogP contribution is -2.51. The van der Waals surface area contributed by atoms with E-state index in [0.29, 0.717) is 22.2 Å². The maximum atomic E-state index is 6.26. The van der Waals surface area contributed by atoms with Crippen molar-refractivity contribution >= 4 is 17.1 Å². The smallest absolute Gasteiger partial charge is 0.343 e. The molecule has 0 N–H and O–H groups in total. The Kier molecular flexibility index (Phi) is 19.0. The largest absolute Gasteiger partial charge is 0.394 e. The summed E-state index contributed by atoms with van der Waals surface area (Å²) in [6, 6.07) is 0. The summed E-state index contributed by atoms with van der Waals surface area (Å²) in [6.07, 6.45) is 5.17. The third-order valence-corrected chi connectivity index (χ3v) is 15.1. The van der Waals surface area contributed by atoms with Crippen LogP contribution in [-0.4, -0.2) is 42.5 Å². The standard InChI is InChI=1S/C14H32O2Si.C12H28O2Si/c1-7-9-11-15-17(13(3)4,14(5)6)16-12-10-8-2;1-9(2)13-15(11(5)6,12(7)8)14-10(3)4/h13-14H,7-12H2,1-6H3;9-12H,1-8H3. The van der Waals surface area contributed by atoms with Crippen LogP contribution >= 0.6 is 0 Å². The normalized spacial score (nSPS) is 13.1. The van der Waals surface area contributed by atoms with Crippen molar-refractivity contribution < 1.29 is 17.7 Å². The average molecular weight is 493 g/mol. The Bertz CT molecular complexity index is 398. The number of hydrogen-bond acceptors (Lipinski definition) is 4. The van der Waals surface area contributed by atoms with Crippen LogP contribution in [0, 0.1) is 0 Å². The summed E-state index contributed by atoms with van der Waals surface area (Å²) in [6.45, 7) is 32.4. The van der Waals surface area contributed by atoms with Crippen LogP contribution in [0.2, 0.25) is 22.2 Å². The van der Waals surface area contributed by atoms with E-state index in [9.17, 15) is 0 Å². The summed E-state index contributed by atoms with van der Waals surface area (Å²) in [5.74, 6) is 0. The van der Waals surface area contributed by atoms with E-state index in [1.807, 2.05) is 0 Å². The predicted molar refractivity (Wildman–Crippen MR) is 146 cm³/mol. The number of rotatable bonds is 16. The van der Waals surface area contributed by atoms with Crippen molar-refractivity contribution in [2.24, 2.45) is 0 Å². The van der Waals surface area contributed by atoms with Crippen molar-refractivity contribution in [3.8, 4) is 0 Å². The highest BCUT2D eigenvalue weighted by molar-refractivity contribution is 6.70. The van der Waals surface area contributed by atoms with E-state index < -0.39 is 17.1 Å². The monoisotopic (exact) mass is 492 g/mol. The van der Waals surface area contributed by atoms with Gasteiger partial charge in [-0.3, -0.25) is 0 Å². The van der Waals surface area contributed by atoms with Crippen LogP contribution in [-0.2, 0) is 17.7 Å². The predicted octanol–water partition coefficient (Wildman–Crippen LogP) is 8.98. The van der Waals surface area contributed by atoms with Crippen LogP contribution in [0.25, 0.3) is 0 Å². The molecular formula is C26H60O4Si2. The van der Waals surface area contributed by atoms with Gasteiger partial charge in [-0.2, -0.15) is 0 Å². The van der Waals surface area contributed by atoms with Gasteiger partial charge in [-0.1, -0.05) is 82.1 Å². The van der Waals surface area contributed by atoms with E-state index in [1.54, 1.807) is 0 Å². The molecule has 0 spiro atoms. The Hall–Kier alpha value is 0.274. The zero-order valence-corrected chi connectivity index (χ0v) is 26.3. The van der Waals surface area contributed by atoms with E-state index in [1.165, 1.54) is 12.8 Å². The van der Waals surface area contributed by atoms with Gasteiger partial charge in [-0.25, -0.2) is 0 Å². The molecule has 0 aromatic carbocycles. The highest BCUT2D eigenvalue weighted by atomic mass is 28.4. The van der Waals surface area contributed by atoms with Crippen LogP contribution in [0.5, 0.6) is 0 Å². The zero-order chi connectivity index (χ0) is 25.5. The lowest BCUT2D eigenvalue weighted by atomic mass is 10.4. The summed E-state index contributed by atoms with van der Waals surface area (Å²) >= 11 is 0. The van der Waals surface area contributed by atoms with Crippen molar-refractivity contribution in [1.82, 2.24) is 0 Å². The first-order valence-corrected chi connectivity index (χ1v) is 17.3. The van der Waals surface area contributed by atoms with Gasteiger partial charge in [0.2, 0.25) is 0 Å². The summed E-state index contributed by atoms with van der Waals surface area (Å²) < 4.78 is 24.9. The molecule has 4 nitrogen and oxygen atoms in total. The Morgan fingerprint density at radius 1 is 0.469 bits per heavy atom. The van der Waals surface area contributed by atoms with Crippen LogP contribution in [0.1, 0.15) is 123 Å². The van der Waals surface area contributed by atoms with E-state index in [4.69, 9.17) is 17.7 Å². The van der Waals surface area contributed by atoms with E-state index in [2.05, 4.69) is 96.9 Å². The maximum Gasteiger partial charge on any atom is 0.343 e. The third kappa shape index (κ3) is 12.1. The Morgan fingerprint density at radius 3 is 0.938 bits per heavy atom. The zero-order valence-electron chi connectivity index (χ0n) is 24.3. The molecule has 0 unspecified atom stereocenters. The molecule has 0 aliphatic rings. The molecule has 0 fully saturated rings. The summed E-state index contributed by atoms with van der Waals surface area (Å²) in [7, 11) is -4.10. The molecule has 0 radical (unpaired) electrons. The van der Waals surface area contributed by atoms with Gasteiger partial charge in [0.1, 0.15) is 0 Å². The first kappa shape index (κ1) is 34.4. The van der Waals surface area contributed by atoms with E-state index in [0.717, 1.165) is 26.1 Å². The molecule has 0 rings (SSSR count). The highest BCUT2D eigenvalue weighted by Crippen LogP contribution is 2.36. The van der Waals surface area contributed by atoms with Crippen molar-refractivity contribution in [3.63, 3.8) is 0 Å². The Labute approximate surface area is 205 Å². The van der Waals surface area contributed by atoms with Gasteiger partial charge < -0.3 is 17.7 Å². The van der Waals surface area contributed by atoms with Crippen LogP contribution in [0.15, 0.2) is 0 Å². The fraction of sp³-hybridized carbons (Fsp3) is 1.00. The highest BCUT2D eigenvalue weighted by Gasteiger charge is 2.46. The molecule has 0 aliphatic heterocycles. The molecule has 6 heteroatoms. The molecule has 0 saturated heterocycles. The summed E-state index contributed by atoms with van der Waals surface area (Å²) in [5, 5.41) is 0. The Morgan fingerprint density at radius 2 is 0.750 bits per heavy atom. The van der Waals surface area contributed by atoms with Gasteiger partial charge in [-0.15, -0.1) is 0 Å². The fourth-order valence-electron chi connectivity index (χ4n) is 4.10. The van der Waals surface area contributed by atoms with Gasteiger partial charge in [0.25, 0.3) is 0 Å². The second-order valence-electron chi connectivity index (χ2n) is 10.8. The average Bonchev–Trinajstić information content (AvgIpc) is 2.65. The minimum atomic E-state index is -2.08. The summed E-state index contributed by atoms with van der Waals surface area (Å²) in [5.41, 5.74) is 2.03. The fourth-order valence-corrected chi connectivity index (χ4v) is 11.7. The molecule has 0 saturated carbocycles. The first-order chi connectivity index (χ1) is 14.7. The molecule has 0 heterocycles. The lowest BCUT2D eigenvalue weighted by Gasteiger charge is -2.40. The molecule has 0 aromatic rings. The van der Waals surface area contributed by atoms with Gasteiger partial charge in [0, 0.05) is 25.4 Å². The second-order valence-corrected chi connectivity index (χ2v) is 19.4. The molecule has 0 aliphatic carbocycles. The molecule has 196 valence electrons. The second kappa shape index (κ2) is 17.7. The topological polar surface area (TPSA) is 36.9 Å². The van der Waals surface area contributed by atoms with Gasteiger partial charge in [0.15, 0.2) is 0 Å².